The lowest BCUT2D eigenvalue weighted by Gasteiger charge is -2.51. The monoisotopic (exact) mass is 1230 g/mol. The summed E-state index contributed by atoms with van der Waals surface area (Å²) in [5.74, 6) is -2.76. The van der Waals surface area contributed by atoms with E-state index in [1.54, 1.807) is 0 Å². The summed E-state index contributed by atoms with van der Waals surface area (Å²) in [6, 6.07) is 67.4. The third-order valence-corrected chi connectivity index (χ3v) is 15.5. The minimum atomic E-state index is -5.08. The molecule has 20 heteroatoms. The predicted octanol–water partition coefficient (Wildman–Crippen LogP) is 8.91. The minimum Gasteiger partial charge on any atom is -0.475 e. The Bertz CT molecular complexity index is 3100. The second-order valence-corrected chi connectivity index (χ2v) is 22.0. The Labute approximate surface area is 517 Å². The van der Waals surface area contributed by atoms with Crippen molar-refractivity contribution in [1.82, 2.24) is 0 Å². The summed E-state index contributed by atoms with van der Waals surface area (Å²) in [6.07, 6.45) is -15.1. The zero-order valence-corrected chi connectivity index (χ0v) is 49.2. The molecule has 7 aromatic rings. The SMILES string of the molecule is NC[C@H]1OC(O[C@H]2[C@H](OCc3ccccc3)[C@@H](O[C@H]3O[C@H](COCc4ccccc4)[C@@H](OCc4ccccc4)[C@H](N)[C@H]3OCc3ccccc3)[C@H](N)C[C@@H]2N)[C@H](OCc2ccccc2)[C@@H](OCc2ccccc2)[C@@H]1OCc1ccccc1.O=C(O)C(F)(F)F. The van der Waals surface area contributed by atoms with E-state index in [0.717, 1.165) is 38.9 Å². The highest BCUT2D eigenvalue weighted by Gasteiger charge is 2.55. The van der Waals surface area contributed by atoms with Crippen LogP contribution in [0.5, 0.6) is 0 Å². The number of aliphatic carboxylic acids is 1. The van der Waals surface area contributed by atoms with Crippen LogP contribution in [0, 0.1) is 0 Å². The van der Waals surface area contributed by atoms with Crippen molar-refractivity contribution in [1.29, 1.82) is 0 Å². The van der Waals surface area contributed by atoms with E-state index >= 15 is 0 Å². The molecular weight excluding hydrogens is 1150 g/mol. The first-order chi connectivity index (χ1) is 43.3. The van der Waals surface area contributed by atoms with Gasteiger partial charge in [0.2, 0.25) is 0 Å². The molecule has 7 aromatic carbocycles. The molecule has 0 bridgehead atoms. The Morgan fingerprint density at radius 2 is 0.685 bits per heavy atom. The molecule has 3 fully saturated rings. The van der Waals surface area contributed by atoms with Crippen molar-refractivity contribution in [3.8, 4) is 0 Å². The van der Waals surface area contributed by atoms with Crippen LogP contribution in [0.4, 0.5) is 13.2 Å². The smallest absolute Gasteiger partial charge is 0.475 e. The van der Waals surface area contributed by atoms with Crippen LogP contribution in [0.25, 0.3) is 0 Å². The lowest BCUT2D eigenvalue weighted by atomic mass is 9.84. The third-order valence-electron chi connectivity index (χ3n) is 15.5. The van der Waals surface area contributed by atoms with E-state index in [4.69, 9.17) is 84.9 Å². The Kier molecular flexibility index (Phi) is 25.3. The Morgan fingerprint density at radius 1 is 0.404 bits per heavy atom. The van der Waals surface area contributed by atoms with Crippen LogP contribution in [-0.4, -0.2) is 122 Å². The van der Waals surface area contributed by atoms with Gasteiger partial charge in [-0.25, -0.2) is 4.79 Å². The number of hydrogen-bond donors (Lipinski definition) is 5. The third kappa shape index (κ3) is 19.6. The topological polar surface area (TPSA) is 243 Å². The van der Waals surface area contributed by atoms with Crippen molar-refractivity contribution in [3.05, 3.63) is 251 Å². The zero-order valence-electron chi connectivity index (χ0n) is 49.2. The molecule has 3 aliphatic rings. The predicted molar refractivity (Wildman–Crippen MR) is 325 cm³/mol. The zero-order chi connectivity index (χ0) is 62.4. The number of rotatable bonds is 27. The van der Waals surface area contributed by atoms with E-state index in [-0.39, 0.29) is 59.2 Å². The van der Waals surface area contributed by atoms with Crippen LogP contribution >= 0.6 is 0 Å². The van der Waals surface area contributed by atoms with Gasteiger partial charge in [-0.3, -0.25) is 0 Å². The molecule has 0 amide bonds. The second kappa shape index (κ2) is 33.9. The summed E-state index contributed by atoms with van der Waals surface area (Å²) in [5, 5.41) is 7.12. The molecule has 17 nitrogen and oxygen atoms in total. The molecular formula is C69H79F3N4O13. The fraction of sp³-hybridized carbons (Fsp3) is 0.377. The molecule has 89 heavy (non-hydrogen) atoms. The molecule has 1 unspecified atom stereocenters. The van der Waals surface area contributed by atoms with Gasteiger partial charge in [0.1, 0.15) is 61.0 Å². The molecule has 2 heterocycles. The molecule has 474 valence electrons. The first-order valence-electron chi connectivity index (χ1n) is 29.7. The highest BCUT2D eigenvalue weighted by molar-refractivity contribution is 5.73. The van der Waals surface area contributed by atoms with Crippen molar-refractivity contribution >= 4 is 5.97 Å². The number of benzene rings is 7. The molecule has 0 spiro atoms. The van der Waals surface area contributed by atoms with Crippen molar-refractivity contribution in [2.45, 2.75) is 151 Å². The van der Waals surface area contributed by atoms with E-state index in [9.17, 15) is 13.2 Å². The number of halogens is 3. The summed E-state index contributed by atoms with van der Waals surface area (Å²) < 4.78 is 108. The average molecular weight is 1230 g/mol. The maximum atomic E-state index is 10.6. The Hall–Kier alpha value is -6.80. The molecule has 0 radical (unpaired) electrons. The van der Waals surface area contributed by atoms with Crippen LogP contribution in [0.1, 0.15) is 45.4 Å². The minimum absolute atomic E-state index is 0.0765. The molecule has 1 aliphatic carbocycles. The van der Waals surface area contributed by atoms with Gasteiger partial charge in [0.25, 0.3) is 0 Å². The normalized spacial score (nSPS) is 27.0. The standard InChI is InChI=1S/C67H78N4O11.C2HF3O2/c68-37-55-61(74-40-48-26-12-3-13-27-48)64(77-43-51-32-18-6-19-33-51)65(78-44-52-34-20-7-21-35-52)67(79-55)82-59-54(70)36-53(69)58(63(59)76-42-50-30-16-5-17-31-50)81-66-62(75-41-49-28-14-4-15-29-49)57(71)60(73-39-47-24-10-2-11-25-47)56(80-66)45-72-38-46-22-8-1-9-23-46;3-2(4,5)1(6)7/h1-35,53-67H,36-45,68-71H2;(H,6,7)/t53-,54+,55-,56-,57+,58+,59-,60-,61-,62-,63-,64+,65-,66-,67?;/m1./s1. The van der Waals surface area contributed by atoms with Gasteiger partial charge in [-0.05, 0) is 45.4 Å². The molecule has 9 N–H and O–H groups in total. The molecule has 1 saturated carbocycles. The van der Waals surface area contributed by atoms with Crippen LogP contribution in [0.2, 0.25) is 0 Å². The quantitative estimate of drug-likeness (QED) is 0.0323. The van der Waals surface area contributed by atoms with E-state index in [2.05, 4.69) is 0 Å². The maximum Gasteiger partial charge on any atom is 0.490 e. The van der Waals surface area contributed by atoms with Gasteiger partial charge >= 0.3 is 12.1 Å². The number of carboxylic acids is 1. The second-order valence-electron chi connectivity index (χ2n) is 22.0. The van der Waals surface area contributed by atoms with Gasteiger partial charge in [-0.15, -0.1) is 0 Å². The summed E-state index contributed by atoms with van der Waals surface area (Å²) in [7, 11) is 0. The van der Waals surface area contributed by atoms with Gasteiger partial charge in [0.15, 0.2) is 12.6 Å². The van der Waals surface area contributed by atoms with Crippen LogP contribution in [0.3, 0.4) is 0 Å². The summed E-state index contributed by atoms with van der Waals surface area (Å²) in [4.78, 5) is 8.90. The van der Waals surface area contributed by atoms with E-state index < -0.39 is 104 Å². The maximum absolute atomic E-state index is 10.6. The van der Waals surface area contributed by atoms with Gasteiger partial charge < -0.3 is 80.1 Å². The summed E-state index contributed by atoms with van der Waals surface area (Å²) in [5.41, 5.74) is 35.4. The lowest BCUT2D eigenvalue weighted by Crippen LogP contribution is -2.69. The number of ether oxygens (including phenoxy) is 11. The number of alkyl halides is 3. The van der Waals surface area contributed by atoms with Crippen LogP contribution in [0.15, 0.2) is 212 Å². The van der Waals surface area contributed by atoms with Gasteiger partial charge in [0.05, 0.1) is 58.9 Å². The van der Waals surface area contributed by atoms with Crippen LogP contribution < -0.4 is 22.9 Å². The number of nitrogens with two attached hydrogens (primary N) is 4. The summed E-state index contributed by atoms with van der Waals surface area (Å²) in [6.45, 7) is 1.91. The molecule has 10 rings (SSSR count). The van der Waals surface area contributed by atoms with E-state index in [1.807, 2.05) is 212 Å². The Morgan fingerprint density at radius 3 is 1.03 bits per heavy atom. The molecule has 0 aromatic heterocycles. The van der Waals surface area contributed by atoms with Crippen molar-refractivity contribution in [3.63, 3.8) is 0 Å². The fourth-order valence-corrected chi connectivity index (χ4v) is 10.9. The fourth-order valence-electron chi connectivity index (χ4n) is 10.9. The number of hydrogen-bond acceptors (Lipinski definition) is 16. The van der Waals surface area contributed by atoms with Crippen LogP contribution in [-0.2, 0) is 103 Å². The van der Waals surface area contributed by atoms with E-state index in [0.29, 0.717) is 6.61 Å². The van der Waals surface area contributed by atoms with Crippen molar-refractivity contribution in [2.24, 2.45) is 22.9 Å². The number of carbonyl (C=O) groups is 1. The van der Waals surface area contributed by atoms with E-state index in [1.165, 1.54) is 0 Å². The largest absolute Gasteiger partial charge is 0.490 e. The number of carboxylic acid groups (broad SMARTS) is 1. The van der Waals surface area contributed by atoms with Crippen molar-refractivity contribution in [2.75, 3.05) is 13.2 Å². The van der Waals surface area contributed by atoms with Gasteiger partial charge in [-0.2, -0.15) is 13.2 Å². The van der Waals surface area contributed by atoms with Gasteiger partial charge in [-0.1, -0.05) is 212 Å². The molecule has 15 atom stereocenters. The van der Waals surface area contributed by atoms with Crippen molar-refractivity contribution < 1.29 is 75.2 Å². The summed E-state index contributed by atoms with van der Waals surface area (Å²) >= 11 is 0. The van der Waals surface area contributed by atoms with Gasteiger partial charge in [0, 0.05) is 18.6 Å². The first kappa shape index (κ1) is 66.6. The lowest BCUT2D eigenvalue weighted by molar-refractivity contribution is -0.351. The molecule has 2 aliphatic heterocycles. The Balaban J connectivity index is 0.00000127. The highest BCUT2D eigenvalue weighted by atomic mass is 19.4. The molecule has 2 saturated heterocycles. The highest BCUT2D eigenvalue weighted by Crippen LogP contribution is 2.37. The first-order valence-corrected chi connectivity index (χ1v) is 29.7. The average Bonchev–Trinajstić information content (AvgIpc) is 1.01.